The summed E-state index contributed by atoms with van der Waals surface area (Å²) in [5.74, 6) is -0.883. The minimum atomic E-state index is -0.783. The van der Waals surface area contributed by atoms with Crippen LogP contribution in [0.25, 0.3) is 0 Å². The van der Waals surface area contributed by atoms with Gasteiger partial charge in [0.05, 0.1) is 0 Å². The third kappa shape index (κ3) is 62.1. The quantitative estimate of drug-likeness (QED) is 0.0261. The predicted octanol–water partition coefficient (Wildman–Crippen LogP) is 22.6. The molecule has 6 heteroatoms. The number of carbonyl (C=O) groups is 3. The van der Waals surface area contributed by atoms with Crippen molar-refractivity contribution in [1.82, 2.24) is 0 Å². The lowest BCUT2D eigenvalue weighted by atomic mass is 10.0. The summed E-state index contributed by atoms with van der Waals surface area (Å²) in [5, 5.41) is 0. The Balaban J connectivity index is 4.15. The first-order valence-electron chi connectivity index (χ1n) is 33.1. The molecule has 0 aromatic carbocycles. The Bertz CT molecular complexity index is 1300. The number of carbonyl (C=O) groups excluding carboxylic acids is 3. The topological polar surface area (TPSA) is 78.9 Å². The molecule has 0 heterocycles. The van der Waals surface area contributed by atoms with Crippen LogP contribution in [0, 0.1) is 0 Å². The molecule has 0 aliphatic heterocycles. The largest absolute Gasteiger partial charge is 0.462 e. The second-order valence-electron chi connectivity index (χ2n) is 22.4. The predicted molar refractivity (Wildman–Crippen MR) is 325 cm³/mol. The molecule has 0 aliphatic carbocycles. The van der Waals surface area contributed by atoms with Crippen molar-refractivity contribution in [2.24, 2.45) is 0 Å². The van der Waals surface area contributed by atoms with Gasteiger partial charge in [0.2, 0.25) is 0 Å². The van der Waals surface area contributed by atoms with Crippen molar-refractivity contribution in [2.45, 2.75) is 361 Å². The summed E-state index contributed by atoms with van der Waals surface area (Å²) in [6, 6.07) is 0. The van der Waals surface area contributed by atoms with E-state index in [1.54, 1.807) is 0 Å². The molecule has 1 unspecified atom stereocenters. The molecule has 0 radical (unpaired) electrons. The molecule has 0 aromatic heterocycles. The summed E-state index contributed by atoms with van der Waals surface area (Å²) in [6.07, 6.45) is 80.0. The lowest BCUT2D eigenvalue weighted by Crippen LogP contribution is -2.30. The number of hydrogen-bond donors (Lipinski definition) is 0. The van der Waals surface area contributed by atoms with E-state index in [4.69, 9.17) is 14.2 Å². The molecule has 0 aromatic rings. The summed E-state index contributed by atoms with van der Waals surface area (Å²) < 4.78 is 16.9. The maximum absolute atomic E-state index is 12.9. The van der Waals surface area contributed by atoms with Gasteiger partial charge in [-0.05, 0) is 57.8 Å². The molecule has 0 rings (SSSR count). The number of esters is 3. The minimum Gasteiger partial charge on any atom is -0.462 e. The van der Waals surface area contributed by atoms with E-state index < -0.39 is 6.10 Å². The van der Waals surface area contributed by atoms with Gasteiger partial charge in [0.15, 0.2) is 6.10 Å². The fourth-order valence-electron chi connectivity index (χ4n) is 9.91. The number of hydrogen-bond acceptors (Lipinski definition) is 6. The maximum atomic E-state index is 12.9. The molecular formula is C69H126O6. The Morgan fingerprint density at radius 3 is 0.813 bits per heavy atom. The van der Waals surface area contributed by atoms with E-state index in [1.807, 2.05) is 0 Å². The number of unbranched alkanes of at least 4 members (excludes halogenated alkanes) is 42. The molecule has 0 saturated heterocycles. The third-order valence-electron chi connectivity index (χ3n) is 14.8. The molecule has 0 N–H and O–H groups in total. The first-order valence-corrected chi connectivity index (χ1v) is 33.1. The molecule has 0 saturated carbocycles. The fourth-order valence-corrected chi connectivity index (χ4v) is 9.91. The van der Waals surface area contributed by atoms with Gasteiger partial charge in [0.25, 0.3) is 0 Å². The van der Waals surface area contributed by atoms with Crippen molar-refractivity contribution in [1.29, 1.82) is 0 Å². The van der Waals surface area contributed by atoms with Crippen LogP contribution in [0.15, 0.2) is 48.6 Å². The van der Waals surface area contributed by atoms with Crippen molar-refractivity contribution in [3.8, 4) is 0 Å². The highest BCUT2D eigenvalue weighted by atomic mass is 16.6. The van der Waals surface area contributed by atoms with Gasteiger partial charge in [-0.25, -0.2) is 0 Å². The van der Waals surface area contributed by atoms with Crippen LogP contribution in [-0.2, 0) is 28.6 Å². The summed E-state index contributed by atoms with van der Waals surface area (Å²) in [7, 11) is 0. The molecule has 6 nitrogen and oxygen atoms in total. The molecule has 438 valence electrons. The standard InChI is InChI=1S/C69H126O6/c1-4-7-10-13-16-19-22-24-26-28-29-30-31-32-33-34-35-36-37-38-39-41-42-44-47-50-53-56-59-62-68(71)74-65-66(64-73-67(70)61-58-55-52-49-46-21-18-15-12-9-6-3)75-69(72)63-60-57-54-51-48-45-43-40-27-25-23-20-17-14-11-8-5-2/h8,11,17,20,25,27,43,45,66H,4-7,9-10,12-16,18-19,21-24,26,28-42,44,46-65H2,1-3H3/b11-8-,20-17-,27-25-,45-43-. The second-order valence-corrected chi connectivity index (χ2v) is 22.4. The molecule has 0 aliphatic rings. The van der Waals surface area contributed by atoms with E-state index >= 15 is 0 Å². The Morgan fingerprint density at radius 2 is 0.520 bits per heavy atom. The van der Waals surface area contributed by atoms with E-state index in [1.165, 1.54) is 218 Å². The molecule has 0 amide bonds. The van der Waals surface area contributed by atoms with Gasteiger partial charge >= 0.3 is 17.9 Å². The molecular weight excluding hydrogens is 925 g/mol. The van der Waals surface area contributed by atoms with Crippen LogP contribution < -0.4 is 0 Å². The molecule has 0 bridgehead atoms. The van der Waals surface area contributed by atoms with Crippen LogP contribution >= 0.6 is 0 Å². The summed E-state index contributed by atoms with van der Waals surface area (Å²) in [4.78, 5) is 38.2. The van der Waals surface area contributed by atoms with Crippen molar-refractivity contribution in [3.05, 3.63) is 48.6 Å². The normalized spacial score (nSPS) is 12.3. The lowest BCUT2D eigenvalue weighted by molar-refractivity contribution is -0.167. The maximum Gasteiger partial charge on any atom is 0.306 e. The average molecular weight is 1050 g/mol. The zero-order chi connectivity index (χ0) is 54.3. The monoisotopic (exact) mass is 1050 g/mol. The smallest absolute Gasteiger partial charge is 0.306 e. The zero-order valence-electron chi connectivity index (χ0n) is 50.3. The Kier molecular flexibility index (Phi) is 61.7. The van der Waals surface area contributed by atoms with E-state index in [0.717, 1.165) is 96.3 Å². The van der Waals surface area contributed by atoms with Crippen LogP contribution in [0.5, 0.6) is 0 Å². The highest BCUT2D eigenvalue weighted by Gasteiger charge is 2.19. The highest BCUT2D eigenvalue weighted by Crippen LogP contribution is 2.18. The van der Waals surface area contributed by atoms with Gasteiger partial charge in [-0.2, -0.15) is 0 Å². The van der Waals surface area contributed by atoms with Crippen molar-refractivity contribution in [2.75, 3.05) is 13.2 Å². The van der Waals surface area contributed by atoms with Gasteiger partial charge < -0.3 is 14.2 Å². The first-order chi connectivity index (χ1) is 37.0. The van der Waals surface area contributed by atoms with Crippen LogP contribution in [0.3, 0.4) is 0 Å². The number of rotatable bonds is 61. The first kappa shape index (κ1) is 72.4. The Labute approximate surface area is 467 Å². The van der Waals surface area contributed by atoms with E-state index in [-0.39, 0.29) is 31.1 Å². The van der Waals surface area contributed by atoms with Gasteiger partial charge in [0, 0.05) is 19.3 Å². The SMILES string of the molecule is CC/C=C\C/C=C\C/C=C\C/C=C\CCCCCCC(=O)OC(COC(=O)CCCCCCCCCCCCC)COC(=O)CCCCCCCCCCCCCCCCCCCCCCCCCCCCCCC. The van der Waals surface area contributed by atoms with E-state index in [0.29, 0.717) is 19.3 Å². The molecule has 75 heavy (non-hydrogen) atoms. The second kappa shape index (κ2) is 63.9. The summed E-state index contributed by atoms with van der Waals surface area (Å²) >= 11 is 0. The van der Waals surface area contributed by atoms with E-state index in [2.05, 4.69) is 69.4 Å². The third-order valence-corrected chi connectivity index (χ3v) is 14.8. The number of ether oxygens (including phenoxy) is 3. The summed E-state index contributed by atoms with van der Waals surface area (Å²) in [5.41, 5.74) is 0. The minimum absolute atomic E-state index is 0.0786. The van der Waals surface area contributed by atoms with Crippen LogP contribution in [0.4, 0.5) is 0 Å². The van der Waals surface area contributed by atoms with Crippen LogP contribution in [0.2, 0.25) is 0 Å². The van der Waals surface area contributed by atoms with Crippen molar-refractivity contribution in [3.63, 3.8) is 0 Å². The fraction of sp³-hybridized carbons (Fsp3) is 0.841. The Morgan fingerprint density at radius 1 is 0.280 bits per heavy atom. The van der Waals surface area contributed by atoms with Crippen LogP contribution in [0.1, 0.15) is 355 Å². The highest BCUT2D eigenvalue weighted by molar-refractivity contribution is 5.71. The molecule has 1 atom stereocenters. The average Bonchev–Trinajstić information content (AvgIpc) is 3.41. The van der Waals surface area contributed by atoms with Gasteiger partial charge in [-0.1, -0.05) is 326 Å². The number of allylic oxidation sites excluding steroid dienone is 8. The van der Waals surface area contributed by atoms with E-state index in [9.17, 15) is 14.4 Å². The zero-order valence-corrected chi connectivity index (χ0v) is 50.3. The van der Waals surface area contributed by atoms with Crippen molar-refractivity contribution >= 4 is 17.9 Å². The Hall–Kier alpha value is -2.63. The molecule has 0 spiro atoms. The van der Waals surface area contributed by atoms with Gasteiger partial charge in [0.1, 0.15) is 13.2 Å². The molecule has 0 fully saturated rings. The summed E-state index contributed by atoms with van der Waals surface area (Å²) in [6.45, 7) is 6.55. The van der Waals surface area contributed by atoms with Crippen molar-refractivity contribution < 1.29 is 28.6 Å². The van der Waals surface area contributed by atoms with Gasteiger partial charge in [-0.3, -0.25) is 14.4 Å². The van der Waals surface area contributed by atoms with Crippen LogP contribution in [-0.4, -0.2) is 37.2 Å². The lowest BCUT2D eigenvalue weighted by Gasteiger charge is -2.18. The van der Waals surface area contributed by atoms with Gasteiger partial charge in [-0.15, -0.1) is 0 Å².